The van der Waals surface area contributed by atoms with Gasteiger partial charge in [0.25, 0.3) is 0 Å². The summed E-state index contributed by atoms with van der Waals surface area (Å²) in [6.07, 6.45) is 2.96. The fourth-order valence-electron chi connectivity index (χ4n) is 3.78. The van der Waals surface area contributed by atoms with Crippen LogP contribution in [0.5, 0.6) is 0 Å². The number of aryl methyl sites for hydroxylation is 1. The summed E-state index contributed by atoms with van der Waals surface area (Å²) in [5, 5.41) is 15.8. The third-order valence-electron chi connectivity index (χ3n) is 5.18. The zero-order valence-electron chi connectivity index (χ0n) is 18.7. The maximum atomic E-state index is 9.02. The van der Waals surface area contributed by atoms with Crippen LogP contribution in [-0.4, -0.2) is 24.3 Å². The molecule has 4 aromatic rings. The molecule has 0 N–H and O–H groups in total. The van der Waals surface area contributed by atoms with Gasteiger partial charge in [-0.2, -0.15) is 5.26 Å². The van der Waals surface area contributed by atoms with Gasteiger partial charge >= 0.3 is 0 Å². The summed E-state index contributed by atoms with van der Waals surface area (Å²) in [7, 11) is 0. The van der Waals surface area contributed by atoms with Crippen LogP contribution in [0.25, 0.3) is 33.5 Å². The van der Waals surface area contributed by atoms with Crippen molar-refractivity contribution in [3.8, 4) is 38.9 Å². The number of aromatic nitrogens is 5. The van der Waals surface area contributed by atoms with Crippen molar-refractivity contribution in [2.24, 2.45) is 5.92 Å². The first-order chi connectivity index (χ1) is 15.5. The van der Waals surface area contributed by atoms with E-state index >= 15 is 0 Å². The van der Waals surface area contributed by atoms with E-state index in [1.54, 1.807) is 16.0 Å². The number of thiocyanates is 1. The normalized spacial score (nSPS) is 11.2. The molecule has 164 valence electrons. The molecular formula is C24H26N6S2. The molecule has 4 heterocycles. The van der Waals surface area contributed by atoms with Crippen molar-refractivity contribution in [3.63, 3.8) is 0 Å². The number of pyridine rings is 1. The fourth-order valence-corrected chi connectivity index (χ4v) is 4.94. The van der Waals surface area contributed by atoms with Gasteiger partial charge < -0.3 is 4.57 Å². The number of hydrogen-bond donors (Lipinski definition) is 0. The van der Waals surface area contributed by atoms with Gasteiger partial charge in [-0.25, -0.2) is 9.67 Å². The van der Waals surface area contributed by atoms with Crippen LogP contribution < -0.4 is 0 Å². The molecule has 0 bridgehead atoms. The van der Waals surface area contributed by atoms with Crippen LogP contribution in [0.15, 0.2) is 42.6 Å². The van der Waals surface area contributed by atoms with Crippen LogP contribution >= 0.6 is 23.1 Å². The second-order valence-electron chi connectivity index (χ2n) is 8.02. The fraction of sp³-hybridized carbons (Fsp3) is 0.333. The van der Waals surface area contributed by atoms with Crippen molar-refractivity contribution < 1.29 is 0 Å². The molecule has 0 saturated heterocycles. The first kappa shape index (κ1) is 22.3. The van der Waals surface area contributed by atoms with E-state index in [4.69, 9.17) is 15.2 Å². The summed E-state index contributed by atoms with van der Waals surface area (Å²) in [5.74, 6) is 2.36. The molecular weight excluding hydrogens is 436 g/mol. The number of hydrogen-bond acceptors (Lipinski definition) is 6. The van der Waals surface area contributed by atoms with Gasteiger partial charge in [0.05, 0.1) is 4.88 Å². The highest BCUT2D eigenvalue weighted by Crippen LogP contribution is 2.29. The lowest BCUT2D eigenvalue weighted by Gasteiger charge is -2.13. The maximum absolute atomic E-state index is 9.02. The van der Waals surface area contributed by atoms with E-state index in [1.165, 1.54) is 16.3 Å². The lowest BCUT2D eigenvalue weighted by Crippen LogP contribution is -2.06. The van der Waals surface area contributed by atoms with Gasteiger partial charge in [0.15, 0.2) is 11.6 Å². The highest BCUT2D eigenvalue weighted by atomic mass is 32.2. The Morgan fingerprint density at radius 2 is 2.00 bits per heavy atom. The Balaban J connectivity index is 1.68. The quantitative estimate of drug-likeness (QED) is 0.290. The predicted molar refractivity (Wildman–Crippen MR) is 132 cm³/mol. The average molecular weight is 463 g/mol. The van der Waals surface area contributed by atoms with E-state index in [0.29, 0.717) is 23.4 Å². The lowest BCUT2D eigenvalue weighted by atomic mass is 10.1. The van der Waals surface area contributed by atoms with Gasteiger partial charge in [-0.1, -0.05) is 13.8 Å². The van der Waals surface area contributed by atoms with Crippen molar-refractivity contribution in [1.82, 2.24) is 24.3 Å². The zero-order valence-corrected chi connectivity index (χ0v) is 20.4. The highest BCUT2D eigenvalue weighted by molar-refractivity contribution is 8.02. The third-order valence-corrected chi connectivity index (χ3v) is 6.68. The van der Waals surface area contributed by atoms with E-state index in [1.807, 2.05) is 18.3 Å². The predicted octanol–water partition coefficient (Wildman–Crippen LogP) is 6.24. The molecule has 0 saturated carbocycles. The van der Waals surface area contributed by atoms with E-state index in [9.17, 15) is 0 Å². The lowest BCUT2D eigenvalue weighted by molar-refractivity contribution is 0.600. The minimum atomic E-state index is 0.407. The SMILES string of the molecule is CCn1c(CC(C)C)ccc1-c1ccc(-c2nc(-c3ccc(C)s3)nn2CSC#N)nc1. The average Bonchev–Trinajstić information content (AvgIpc) is 3.50. The topological polar surface area (TPSA) is 72.3 Å². The first-order valence-corrected chi connectivity index (χ1v) is 12.5. The number of thioether (sulfide) groups is 1. The van der Waals surface area contributed by atoms with Gasteiger partial charge in [-0.05, 0) is 74.3 Å². The summed E-state index contributed by atoms with van der Waals surface area (Å²) < 4.78 is 4.12. The summed E-state index contributed by atoms with van der Waals surface area (Å²) in [5.41, 5.74) is 4.36. The maximum Gasteiger partial charge on any atom is 0.191 e. The minimum absolute atomic E-state index is 0.407. The van der Waals surface area contributed by atoms with E-state index in [0.717, 1.165) is 40.9 Å². The summed E-state index contributed by atoms with van der Waals surface area (Å²) in [4.78, 5) is 11.7. The smallest absolute Gasteiger partial charge is 0.191 e. The Bertz CT molecular complexity index is 1240. The molecule has 0 spiro atoms. The first-order valence-electron chi connectivity index (χ1n) is 10.7. The molecule has 8 heteroatoms. The van der Waals surface area contributed by atoms with E-state index in [2.05, 4.69) is 67.0 Å². The molecule has 0 fully saturated rings. The monoisotopic (exact) mass is 462 g/mol. The molecule has 0 atom stereocenters. The van der Waals surface area contributed by atoms with Gasteiger partial charge in [0.1, 0.15) is 17.0 Å². The Morgan fingerprint density at radius 3 is 2.62 bits per heavy atom. The molecule has 0 aliphatic rings. The summed E-state index contributed by atoms with van der Waals surface area (Å²) in [6, 6.07) is 12.6. The second kappa shape index (κ2) is 9.72. The van der Waals surface area contributed by atoms with Gasteiger partial charge in [0.2, 0.25) is 0 Å². The minimum Gasteiger partial charge on any atom is -0.345 e. The Kier molecular flexibility index (Phi) is 6.77. The van der Waals surface area contributed by atoms with Crippen LogP contribution in [0.1, 0.15) is 31.3 Å². The highest BCUT2D eigenvalue weighted by Gasteiger charge is 2.17. The third kappa shape index (κ3) is 4.64. The number of rotatable bonds is 8. The van der Waals surface area contributed by atoms with Crippen molar-refractivity contribution >= 4 is 23.1 Å². The van der Waals surface area contributed by atoms with Crippen LogP contribution in [0.3, 0.4) is 0 Å². The number of thiophene rings is 1. The molecule has 0 unspecified atom stereocenters. The van der Waals surface area contributed by atoms with E-state index < -0.39 is 0 Å². The van der Waals surface area contributed by atoms with E-state index in [-0.39, 0.29) is 0 Å². The Labute approximate surface area is 197 Å². The molecule has 0 radical (unpaired) electrons. The zero-order chi connectivity index (χ0) is 22.7. The van der Waals surface area contributed by atoms with Gasteiger partial charge in [-0.3, -0.25) is 4.98 Å². The Hall–Kier alpha value is -2.89. The number of nitriles is 1. The molecule has 6 nitrogen and oxygen atoms in total. The molecule has 0 aromatic carbocycles. The Morgan fingerprint density at radius 1 is 1.16 bits per heavy atom. The van der Waals surface area contributed by atoms with Crippen LogP contribution in [0.4, 0.5) is 0 Å². The molecule has 0 aliphatic heterocycles. The van der Waals surface area contributed by atoms with Crippen molar-refractivity contribution in [1.29, 1.82) is 5.26 Å². The molecule has 32 heavy (non-hydrogen) atoms. The van der Waals surface area contributed by atoms with Crippen molar-refractivity contribution in [2.75, 3.05) is 0 Å². The van der Waals surface area contributed by atoms with Crippen molar-refractivity contribution in [3.05, 3.63) is 53.2 Å². The molecule has 4 rings (SSSR count). The second-order valence-corrected chi connectivity index (χ2v) is 10.0. The summed E-state index contributed by atoms with van der Waals surface area (Å²) >= 11 is 2.79. The largest absolute Gasteiger partial charge is 0.345 e. The van der Waals surface area contributed by atoms with Crippen LogP contribution in [-0.2, 0) is 18.8 Å². The standard InChI is InChI=1S/C24H26N6S2/c1-5-29-19(12-16(2)3)8-10-21(29)18-7-9-20(26-13-18)24-27-23(22-11-6-17(4)32-22)28-30(24)15-31-14-25/h6-11,13,16H,5,12,15H2,1-4H3. The van der Waals surface area contributed by atoms with Gasteiger partial charge in [0, 0.05) is 34.6 Å². The van der Waals surface area contributed by atoms with Gasteiger partial charge in [-0.15, -0.1) is 16.4 Å². The van der Waals surface area contributed by atoms with Crippen LogP contribution in [0.2, 0.25) is 0 Å². The molecule has 0 aliphatic carbocycles. The number of nitrogens with zero attached hydrogens (tertiary/aromatic N) is 6. The molecule has 0 amide bonds. The molecule has 4 aromatic heterocycles. The summed E-state index contributed by atoms with van der Waals surface area (Å²) in [6.45, 7) is 9.66. The van der Waals surface area contributed by atoms with Crippen molar-refractivity contribution in [2.45, 2.75) is 46.5 Å². The van der Waals surface area contributed by atoms with Crippen LogP contribution in [0, 0.1) is 23.5 Å².